The summed E-state index contributed by atoms with van der Waals surface area (Å²) in [7, 11) is 0. The van der Waals surface area contributed by atoms with Crippen LogP contribution in [0.4, 0.5) is 0 Å². The molecule has 2 rings (SSSR count). The van der Waals surface area contributed by atoms with Crippen molar-refractivity contribution >= 4 is 18.0 Å². The molecule has 0 spiro atoms. The first-order valence-corrected chi connectivity index (χ1v) is 5.81. The van der Waals surface area contributed by atoms with Gasteiger partial charge in [-0.3, -0.25) is 0 Å². The lowest BCUT2D eigenvalue weighted by atomic mass is 9.96. The van der Waals surface area contributed by atoms with Gasteiger partial charge in [0, 0.05) is 6.04 Å². The van der Waals surface area contributed by atoms with Crippen LogP contribution in [0.1, 0.15) is 23.6 Å². The molecule has 1 nitrogen and oxygen atoms in total. The summed E-state index contributed by atoms with van der Waals surface area (Å²) < 4.78 is 0. The van der Waals surface area contributed by atoms with Gasteiger partial charge in [0.1, 0.15) is 0 Å². The van der Waals surface area contributed by atoms with Gasteiger partial charge in [0.2, 0.25) is 0 Å². The van der Waals surface area contributed by atoms with E-state index in [-0.39, 0.29) is 18.4 Å². The second kappa shape index (κ2) is 7.00. The van der Waals surface area contributed by atoms with Gasteiger partial charge in [-0.25, -0.2) is 0 Å². The summed E-state index contributed by atoms with van der Waals surface area (Å²) in [5, 5.41) is 0. The fourth-order valence-electron chi connectivity index (χ4n) is 1.88. The van der Waals surface area contributed by atoms with Crippen LogP contribution < -0.4 is 5.73 Å². The average Bonchev–Trinajstić information content (AvgIpc) is 2.40. The summed E-state index contributed by atoms with van der Waals surface area (Å²) in [6, 6.07) is 20.4. The predicted molar refractivity (Wildman–Crippen MR) is 80.7 cm³/mol. The van der Waals surface area contributed by atoms with Crippen LogP contribution in [0.25, 0.3) is 5.57 Å². The summed E-state index contributed by atoms with van der Waals surface area (Å²) in [4.78, 5) is 0. The average molecular weight is 260 g/mol. The lowest BCUT2D eigenvalue weighted by Crippen LogP contribution is -2.10. The first-order valence-electron chi connectivity index (χ1n) is 5.81. The summed E-state index contributed by atoms with van der Waals surface area (Å²) in [6.45, 7) is 4.11. The highest BCUT2D eigenvalue weighted by atomic mass is 35.5. The maximum atomic E-state index is 6.17. The van der Waals surface area contributed by atoms with Crippen molar-refractivity contribution in [3.05, 3.63) is 78.4 Å². The molecule has 0 aliphatic carbocycles. The molecule has 2 aromatic carbocycles. The fraction of sp³-hybridized carbons (Fsp3) is 0.125. The van der Waals surface area contributed by atoms with Crippen molar-refractivity contribution in [3.63, 3.8) is 0 Å². The van der Waals surface area contributed by atoms with Gasteiger partial charge >= 0.3 is 0 Å². The van der Waals surface area contributed by atoms with Crippen LogP contribution in [0.15, 0.2) is 67.2 Å². The molecule has 1 unspecified atom stereocenters. The van der Waals surface area contributed by atoms with E-state index in [0.29, 0.717) is 0 Å². The van der Waals surface area contributed by atoms with Crippen LogP contribution >= 0.6 is 12.4 Å². The largest absolute Gasteiger partial charge is 0.324 e. The number of benzene rings is 2. The topological polar surface area (TPSA) is 26.0 Å². The summed E-state index contributed by atoms with van der Waals surface area (Å²) >= 11 is 0. The molecule has 0 fully saturated rings. The molecular weight excluding hydrogens is 242 g/mol. The third kappa shape index (κ3) is 3.73. The van der Waals surface area contributed by atoms with Crippen LogP contribution in [-0.4, -0.2) is 0 Å². The molecular formula is C16H18ClN. The van der Waals surface area contributed by atoms with Crippen LogP contribution in [0.3, 0.4) is 0 Å². The number of hydrogen-bond acceptors (Lipinski definition) is 1. The molecule has 2 aromatic rings. The zero-order valence-corrected chi connectivity index (χ0v) is 11.1. The van der Waals surface area contributed by atoms with Gasteiger partial charge in [-0.15, -0.1) is 12.4 Å². The standard InChI is InChI=1S/C16H17N.ClH/c1-13(14-8-4-2-5-9-14)12-16(17)15-10-6-3-7-11-15;/h2-11,16H,1,12,17H2;1H. The summed E-state index contributed by atoms with van der Waals surface area (Å²) in [5.41, 5.74) is 9.58. The maximum Gasteiger partial charge on any atom is 0.0335 e. The Balaban J connectivity index is 0.00000162. The van der Waals surface area contributed by atoms with E-state index in [1.165, 1.54) is 5.56 Å². The molecule has 2 heteroatoms. The number of hydrogen-bond donors (Lipinski definition) is 1. The predicted octanol–water partition coefficient (Wildman–Crippen LogP) is 4.21. The van der Waals surface area contributed by atoms with E-state index in [9.17, 15) is 0 Å². The van der Waals surface area contributed by atoms with E-state index >= 15 is 0 Å². The smallest absolute Gasteiger partial charge is 0.0335 e. The van der Waals surface area contributed by atoms with Gasteiger partial charge in [0.05, 0.1) is 0 Å². The molecule has 0 bridgehead atoms. The van der Waals surface area contributed by atoms with Crippen molar-refractivity contribution in [1.29, 1.82) is 0 Å². The fourth-order valence-corrected chi connectivity index (χ4v) is 1.88. The van der Waals surface area contributed by atoms with Crippen molar-refractivity contribution in [3.8, 4) is 0 Å². The Hall–Kier alpha value is -1.57. The first-order chi connectivity index (χ1) is 8.27. The second-order valence-corrected chi connectivity index (χ2v) is 4.19. The molecule has 1 atom stereocenters. The van der Waals surface area contributed by atoms with E-state index in [0.717, 1.165) is 17.6 Å². The van der Waals surface area contributed by atoms with E-state index in [2.05, 4.69) is 30.8 Å². The van der Waals surface area contributed by atoms with Crippen LogP contribution in [0.5, 0.6) is 0 Å². The molecule has 94 valence electrons. The van der Waals surface area contributed by atoms with E-state index in [1.54, 1.807) is 0 Å². The lowest BCUT2D eigenvalue weighted by Gasteiger charge is -2.14. The Bertz CT molecular complexity index is 479. The zero-order valence-electron chi connectivity index (χ0n) is 10.3. The highest BCUT2D eigenvalue weighted by molar-refractivity contribution is 5.85. The van der Waals surface area contributed by atoms with Gasteiger partial charge in [-0.1, -0.05) is 67.2 Å². The summed E-state index contributed by atoms with van der Waals surface area (Å²) in [6.07, 6.45) is 0.786. The van der Waals surface area contributed by atoms with Crippen molar-refractivity contribution < 1.29 is 0 Å². The lowest BCUT2D eigenvalue weighted by molar-refractivity contribution is 0.752. The minimum absolute atomic E-state index is 0. The number of halogens is 1. The third-order valence-electron chi connectivity index (χ3n) is 2.88. The first kappa shape index (κ1) is 14.5. The van der Waals surface area contributed by atoms with Crippen LogP contribution in [-0.2, 0) is 0 Å². The minimum atomic E-state index is 0. The van der Waals surface area contributed by atoms with E-state index in [1.807, 2.05) is 36.4 Å². The highest BCUT2D eigenvalue weighted by Gasteiger charge is 2.08. The molecule has 0 aliphatic heterocycles. The van der Waals surface area contributed by atoms with Gasteiger partial charge in [0.15, 0.2) is 0 Å². The Labute approximate surface area is 115 Å². The number of rotatable bonds is 4. The highest BCUT2D eigenvalue weighted by Crippen LogP contribution is 2.23. The van der Waals surface area contributed by atoms with Gasteiger partial charge in [-0.05, 0) is 23.1 Å². The van der Waals surface area contributed by atoms with Crippen LogP contribution in [0, 0.1) is 0 Å². The Kier molecular flexibility index (Phi) is 5.63. The van der Waals surface area contributed by atoms with Gasteiger partial charge < -0.3 is 5.73 Å². The quantitative estimate of drug-likeness (QED) is 0.875. The Morgan fingerprint density at radius 3 is 2.00 bits per heavy atom. The van der Waals surface area contributed by atoms with Crippen molar-refractivity contribution in [2.24, 2.45) is 5.73 Å². The van der Waals surface area contributed by atoms with Gasteiger partial charge in [-0.2, -0.15) is 0 Å². The second-order valence-electron chi connectivity index (χ2n) is 4.19. The molecule has 2 N–H and O–H groups in total. The zero-order chi connectivity index (χ0) is 12.1. The van der Waals surface area contributed by atoms with Gasteiger partial charge in [0.25, 0.3) is 0 Å². The van der Waals surface area contributed by atoms with E-state index < -0.39 is 0 Å². The van der Waals surface area contributed by atoms with Crippen molar-refractivity contribution in [2.45, 2.75) is 12.5 Å². The molecule has 0 amide bonds. The summed E-state index contributed by atoms with van der Waals surface area (Å²) in [5.74, 6) is 0. The molecule has 0 radical (unpaired) electrons. The molecule has 0 aliphatic rings. The molecule has 18 heavy (non-hydrogen) atoms. The minimum Gasteiger partial charge on any atom is -0.324 e. The maximum absolute atomic E-state index is 6.17. The SMILES string of the molecule is C=C(CC(N)c1ccccc1)c1ccccc1.Cl. The van der Waals surface area contributed by atoms with E-state index in [4.69, 9.17) is 5.73 Å². The Morgan fingerprint density at radius 1 is 0.944 bits per heavy atom. The molecule has 0 saturated heterocycles. The van der Waals surface area contributed by atoms with Crippen LogP contribution in [0.2, 0.25) is 0 Å². The monoisotopic (exact) mass is 259 g/mol. The van der Waals surface area contributed by atoms with Crippen molar-refractivity contribution in [1.82, 2.24) is 0 Å². The molecule has 0 heterocycles. The molecule has 0 saturated carbocycles. The normalized spacial score (nSPS) is 11.4. The Morgan fingerprint density at radius 2 is 1.44 bits per heavy atom. The van der Waals surface area contributed by atoms with Crippen molar-refractivity contribution in [2.75, 3.05) is 0 Å². The third-order valence-corrected chi connectivity index (χ3v) is 2.88. The molecule has 0 aromatic heterocycles. The number of nitrogens with two attached hydrogens (primary N) is 1.